The zero-order valence-electron chi connectivity index (χ0n) is 11.2. The Morgan fingerprint density at radius 1 is 0.647 bits per heavy atom. The molecule has 5 heteroatoms. The summed E-state index contributed by atoms with van der Waals surface area (Å²) in [5.41, 5.74) is 0. The van der Waals surface area contributed by atoms with Crippen molar-refractivity contribution >= 4 is 0 Å². The second kappa shape index (κ2) is 15.8. The zero-order valence-corrected chi connectivity index (χ0v) is 11.2. The molecule has 1 N–H and O–H groups in total. The van der Waals surface area contributed by atoms with Crippen LogP contribution in [0.5, 0.6) is 0 Å². The maximum Gasteiger partial charge on any atom is 0.0700 e. The Balaban J connectivity index is 2.85. The first-order valence-corrected chi connectivity index (χ1v) is 6.26. The summed E-state index contributed by atoms with van der Waals surface area (Å²) in [6.07, 6.45) is 2.21. The monoisotopic (exact) mass is 249 g/mol. The van der Waals surface area contributed by atoms with Crippen LogP contribution in [0, 0.1) is 0 Å². The van der Waals surface area contributed by atoms with Crippen LogP contribution >= 0.6 is 0 Å². The summed E-state index contributed by atoms with van der Waals surface area (Å²) in [7, 11) is 3.36. The lowest BCUT2D eigenvalue weighted by atomic mass is 10.3. The second-order valence-electron chi connectivity index (χ2n) is 3.67. The molecule has 0 aromatic rings. The van der Waals surface area contributed by atoms with Gasteiger partial charge in [0.05, 0.1) is 33.0 Å². The first kappa shape index (κ1) is 16.8. The highest BCUT2D eigenvalue weighted by molar-refractivity contribution is 4.47. The van der Waals surface area contributed by atoms with Crippen LogP contribution < -0.4 is 5.32 Å². The molecule has 0 fully saturated rings. The van der Waals surface area contributed by atoms with Crippen LogP contribution in [0.25, 0.3) is 0 Å². The summed E-state index contributed by atoms with van der Waals surface area (Å²) in [6, 6.07) is 0. The molecule has 0 aromatic carbocycles. The molecule has 0 heterocycles. The van der Waals surface area contributed by atoms with E-state index in [-0.39, 0.29) is 0 Å². The molecule has 0 rings (SSSR count). The van der Waals surface area contributed by atoms with E-state index in [1.807, 2.05) is 0 Å². The summed E-state index contributed by atoms with van der Waals surface area (Å²) >= 11 is 0. The van der Waals surface area contributed by atoms with Crippen molar-refractivity contribution in [1.82, 2.24) is 5.32 Å². The minimum Gasteiger partial charge on any atom is -0.382 e. The van der Waals surface area contributed by atoms with E-state index in [0.717, 1.165) is 39.1 Å². The molecular formula is C12H27NO4. The van der Waals surface area contributed by atoms with Gasteiger partial charge in [-0.1, -0.05) is 0 Å². The van der Waals surface area contributed by atoms with Crippen LogP contribution in [0.15, 0.2) is 0 Å². The van der Waals surface area contributed by atoms with E-state index in [1.165, 1.54) is 0 Å². The van der Waals surface area contributed by atoms with Crippen molar-refractivity contribution in [1.29, 1.82) is 0 Å². The quantitative estimate of drug-likeness (QED) is 0.459. The molecule has 0 aliphatic rings. The number of rotatable bonds is 14. The third-order valence-electron chi connectivity index (χ3n) is 2.18. The predicted molar refractivity (Wildman–Crippen MR) is 67.5 cm³/mol. The van der Waals surface area contributed by atoms with E-state index < -0.39 is 0 Å². The smallest absolute Gasteiger partial charge is 0.0700 e. The molecule has 17 heavy (non-hydrogen) atoms. The first-order valence-electron chi connectivity index (χ1n) is 6.26. The lowest BCUT2D eigenvalue weighted by Crippen LogP contribution is -2.22. The van der Waals surface area contributed by atoms with Gasteiger partial charge in [0.25, 0.3) is 0 Å². The van der Waals surface area contributed by atoms with Crippen LogP contribution in [0.1, 0.15) is 12.8 Å². The minimum absolute atomic E-state index is 0.665. The van der Waals surface area contributed by atoms with Crippen LogP contribution in [0.4, 0.5) is 0 Å². The molecular weight excluding hydrogens is 222 g/mol. The average molecular weight is 249 g/mol. The Labute approximate surface area is 105 Å². The highest BCUT2D eigenvalue weighted by Gasteiger charge is 1.91. The lowest BCUT2D eigenvalue weighted by molar-refractivity contribution is 0.0677. The molecule has 0 spiro atoms. The second-order valence-corrected chi connectivity index (χ2v) is 3.67. The van der Waals surface area contributed by atoms with Crippen molar-refractivity contribution in [3.63, 3.8) is 0 Å². The molecule has 0 atom stereocenters. The molecule has 0 unspecified atom stereocenters. The van der Waals surface area contributed by atoms with E-state index in [9.17, 15) is 0 Å². The molecule has 0 aliphatic heterocycles. The fraction of sp³-hybridized carbons (Fsp3) is 1.00. The fourth-order valence-electron chi connectivity index (χ4n) is 1.21. The van der Waals surface area contributed by atoms with Crippen molar-refractivity contribution in [2.24, 2.45) is 0 Å². The number of hydrogen-bond acceptors (Lipinski definition) is 5. The SMILES string of the molecule is COCCOCCCCNCCOCCOC. The molecule has 5 nitrogen and oxygen atoms in total. The Hall–Kier alpha value is -0.200. The summed E-state index contributed by atoms with van der Waals surface area (Å²) < 4.78 is 20.4. The highest BCUT2D eigenvalue weighted by atomic mass is 16.5. The summed E-state index contributed by atoms with van der Waals surface area (Å²) in [4.78, 5) is 0. The van der Waals surface area contributed by atoms with Gasteiger partial charge in [-0.25, -0.2) is 0 Å². The first-order chi connectivity index (χ1) is 8.41. The van der Waals surface area contributed by atoms with Crippen LogP contribution in [-0.2, 0) is 18.9 Å². The molecule has 104 valence electrons. The van der Waals surface area contributed by atoms with Gasteiger partial charge >= 0.3 is 0 Å². The van der Waals surface area contributed by atoms with Gasteiger partial charge in [0.15, 0.2) is 0 Å². The van der Waals surface area contributed by atoms with Crippen LogP contribution in [0.2, 0.25) is 0 Å². The van der Waals surface area contributed by atoms with Gasteiger partial charge in [-0.3, -0.25) is 0 Å². The third kappa shape index (κ3) is 15.8. The molecule has 0 aromatic heterocycles. The van der Waals surface area contributed by atoms with Gasteiger partial charge in [0.1, 0.15) is 0 Å². The molecule has 0 amide bonds. The largest absolute Gasteiger partial charge is 0.382 e. The van der Waals surface area contributed by atoms with E-state index in [0.29, 0.717) is 26.4 Å². The molecule has 0 aliphatic carbocycles. The van der Waals surface area contributed by atoms with Crippen LogP contribution in [-0.4, -0.2) is 67.0 Å². The lowest BCUT2D eigenvalue weighted by Gasteiger charge is -2.06. The summed E-state index contributed by atoms with van der Waals surface area (Å²) in [5.74, 6) is 0. The summed E-state index contributed by atoms with van der Waals surface area (Å²) in [5, 5.41) is 3.32. The van der Waals surface area contributed by atoms with Gasteiger partial charge in [0, 0.05) is 27.4 Å². The van der Waals surface area contributed by atoms with Gasteiger partial charge < -0.3 is 24.3 Å². The van der Waals surface area contributed by atoms with Crippen molar-refractivity contribution in [2.45, 2.75) is 12.8 Å². The highest BCUT2D eigenvalue weighted by Crippen LogP contribution is 1.88. The Morgan fingerprint density at radius 2 is 1.29 bits per heavy atom. The van der Waals surface area contributed by atoms with Gasteiger partial charge in [0.2, 0.25) is 0 Å². The van der Waals surface area contributed by atoms with Gasteiger partial charge in [-0.2, -0.15) is 0 Å². The topological polar surface area (TPSA) is 49.0 Å². The molecule has 0 saturated carbocycles. The number of methoxy groups -OCH3 is 2. The van der Waals surface area contributed by atoms with E-state index in [2.05, 4.69) is 5.32 Å². The average Bonchev–Trinajstić information content (AvgIpc) is 2.35. The van der Waals surface area contributed by atoms with E-state index in [4.69, 9.17) is 18.9 Å². The van der Waals surface area contributed by atoms with E-state index in [1.54, 1.807) is 14.2 Å². The number of ether oxygens (including phenoxy) is 4. The van der Waals surface area contributed by atoms with Crippen molar-refractivity contribution in [2.75, 3.05) is 67.0 Å². The van der Waals surface area contributed by atoms with Crippen molar-refractivity contribution in [3.05, 3.63) is 0 Å². The Kier molecular flexibility index (Phi) is 15.6. The zero-order chi connectivity index (χ0) is 12.6. The molecule has 0 saturated heterocycles. The van der Waals surface area contributed by atoms with Crippen LogP contribution in [0.3, 0.4) is 0 Å². The maximum absolute atomic E-state index is 5.35. The normalized spacial score (nSPS) is 10.9. The fourth-order valence-corrected chi connectivity index (χ4v) is 1.21. The van der Waals surface area contributed by atoms with E-state index >= 15 is 0 Å². The standard InChI is InChI=1S/C12H27NO4/c1-14-9-11-16-7-4-3-5-13-6-8-17-12-10-15-2/h13H,3-12H2,1-2H3. The maximum atomic E-state index is 5.35. The number of nitrogens with one attached hydrogen (secondary N) is 1. The molecule has 0 bridgehead atoms. The summed E-state index contributed by atoms with van der Waals surface area (Å²) in [6.45, 7) is 6.18. The van der Waals surface area contributed by atoms with Crippen molar-refractivity contribution in [3.8, 4) is 0 Å². The van der Waals surface area contributed by atoms with Gasteiger partial charge in [-0.15, -0.1) is 0 Å². The van der Waals surface area contributed by atoms with Gasteiger partial charge in [-0.05, 0) is 19.4 Å². The third-order valence-corrected chi connectivity index (χ3v) is 2.18. The number of hydrogen-bond donors (Lipinski definition) is 1. The van der Waals surface area contributed by atoms with Crippen molar-refractivity contribution < 1.29 is 18.9 Å². The Morgan fingerprint density at radius 3 is 1.94 bits per heavy atom. The number of unbranched alkanes of at least 4 members (excludes halogenated alkanes) is 1. The molecule has 0 radical (unpaired) electrons. The Bertz CT molecular complexity index is 122. The predicted octanol–water partition coefficient (Wildman–Crippen LogP) is 0.682. The minimum atomic E-state index is 0.665.